The zero-order valence-electron chi connectivity index (χ0n) is 11.5. The summed E-state index contributed by atoms with van der Waals surface area (Å²) in [5, 5.41) is 2.07. The number of hydrogen-bond acceptors (Lipinski definition) is 2. The fourth-order valence-corrected chi connectivity index (χ4v) is 2.96. The number of carbonyl (C=O) groups is 1. The third kappa shape index (κ3) is 1.91. The second-order valence-corrected chi connectivity index (χ2v) is 5.25. The Morgan fingerprint density at radius 1 is 0.857 bits per heavy atom. The molecule has 21 heavy (non-hydrogen) atoms. The molecule has 0 unspecified atom stereocenters. The van der Waals surface area contributed by atoms with Crippen LogP contribution in [0.2, 0.25) is 0 Å². The standard InChI is InChI=1S/C19H14O2/c20-18(17-10-4-7-14-11-12-21-19(14)17)16-9-3-6-13-5-1-2-8-15(13)16/h1-10H,11-12H2. The Balaban J connectivity index is 1.90. The molecule has 0 amide bonds. The number of benzene rings is 3. The van der Waals surface area contributed by atoms with Gasteiger partial charge in [-0.3, -0.25) is 4.79 Å². The predicted molar refractivity (Wildman–Crippen MR) is 83.0 cm³/mol. The van der Waals surface area contributed by atoms with Gasteiger partial charge in [0.2, 0.25) is 0 Å². The number of rotatable bonds is 2. The molecular weight excluding hydrogens is 260 g/mol. The van der Waals surface area contributed by atoms with Gasteiger partial charge < -0.3 is 4.74 Å². The van der Waals surface area contributed by atoms with Crippen LogP contribution in [-0.2, 0) is 6.42 Å². The van der Waals surface area contributed by atoms with E-state index in [0.29, 0.717) is 12.2 Å². The summed E-state index contributed by atoms with van der Waals surface area (Å²) in [6.07, 6.45) is 0.881. The van der Waals surface area contributed by atoms with Gasteiger partial charge in [-0.05, 0) is 22.4 Å². The largest absolute Gasteiger partial charge is 0.492 e. The van der Waals surface area contributed by atoms with Gasteiger partial charge in [0.25, 0.3) is 0 Å². The fraction of sp³-hybridized carbons (Fsp3) is 0.105. The second-order valence-electron chi connectivity index (χ2n) is 5.25. The van der Waals surface area contributed by atoms with Crippen molar-refractivity contribution in [2.75, 3.05) is 6.61 Å². The third-order valence-corrected chi connectivity index (χ3v) is 3.99. The van der Waals surface area contributed by atoms with E-state index in [-0.39, 0.29) is 5.78 Å². The SMILES string of the molecule is O=C(c1cccc2c1OCC2)c1cccc2ccccc12. The van der Waals surface area contributed by atoms with Gasteiger partial charge in [-0.2, -0.15) is 0 Å². The van der Waals surface area contributed by atoms with Gasteiger partial charge in [0.05, 0.1) is 12.2 Å². The van der Waals surface area contributed by atoms with Crippen molar-refractivity contribution in [1.29, 1.82) is 0 Å². The van der Waals surface area contributed by atoms with Gasteiger partial charge in [-0.15, -0.1) is 0 Å². The number of carbonyl (C=O) groups excluding carboxylic acids is 1. The van der Waals surface area contributed by atoms with Crippen molar-refractivity contribution in [2.24, 2.45) is 0 Å². The van der Waals surface area contributed by atoms with Crippen molar-refractivity contribution in [3.05, 3.63) is 77.4 Å². The topological polar surface area (TPSA) is 26.3 Å². The van der Waals surface area contributed by atoms with Crippen molar-refractivity contribution in [2.45, 2.75) is 6.42 Å². The average Bonchev–Trinajstić information content (AvgIpc) is 3.02. The van der Waals surface area contributed by atoms with E-state index >= 15 is 0 Å². The number of ether oxygens (including phenoxy) is 1. The Kier molecular flexibility index (Phi) is 2.74. The lowest BCUT2D eigenvalue weighted by molar-refractivity contribution is 0.103. The molecule has 0 saturated heterocycles. The molecule has 0 N–H and O–H groups in total. The van der Waals surface area contributed by atoms with E-state index in [0.717, 1.165) is 34.1 Å². The molecule has 0 fully saturated rings. The van der Waals surface area contributed by atoms with Crippen LogP contribution in [0, 0.1) is 0 Å². The quantitative estimate of drug-likeness (QED) is 0.660. The highest BCUT2D eigenvalue weighted by molar-refractivity contribution is 6.17. The molecule has 0 saturated carbocycles. The lowest BCUT2D eigenvalue weighted by atomic mass is 9.95. The highest BCUT2D eigenvalue weighted by Crippen LogP contribution is 2.32. The van der Waals surface area contributed by atoms with Crippen LogP contribution in [0.3, 0.4) is 0 Å². The summed E-state index contributed by atoms with van der Waals surface area (Å²) in [4.78, 5) is 12.9. The molecule has 3 aromatic carbocycles. The first-order valence-corrected chi connectivity index (χ1v) is 7.12. The molecule has 0 atom stereocenters. The minimum absolute atomic E-state index is 0.0329. The summed E-state index contributed by atoms with van der Waals surface area (Å²) < 4.78 is 5.66. The minimum atomic E-state index is 0.0329. The van der Waals surface area contributed by atoms with E-state index in [1.54, 1.807) is 0 Å². The normalized spacial score (nSPS) is 13.0. The van der Waals surface area contributed by atoms with Crippen LogP contribution in [0.25, 0.3) is 10.8 Å². The van der Waals surface area contributed by atoms with E-state index < -0.39 is 0 Å². The molecular formula is C19H14O2. The first-order valence-electron chi connectivity index (χ1n) is 7.12. The molecule has 2 heteroatoms. The lowest BCUT2D eigenvalue weighted by Gasteiger charge is -2.09. The molecule has 0 radical (unpaired) electrons. The fourth-order valence-electron chi connectivity index (χ4n) is 2.96. The van der Waals surface area contributed by atoms with Crippen LogP contribution >= 0.6 is 0 Å². The molecule has 0 spiro atoms. The van der Waals surface area contributed by atoms with Crippen LogP contribution < -0.4 is 4.74 Å². The van der Waals surface area contributed by atoms with Crippen LogP contribution in [0.5, 0.6) is 5.75 Å². The summed E-state index contributed by atoms with van der Waals surface area (Å²) in [6.45, 7) is 0.662. The van der Waals surface area contributed by atoms with Crippen LogP contribution in [0.4, 0.5) is 0 Å². The average molecular weight is 274 g/mol. The van der Waals surface area contributed by atoms with E-state index in [1.807, 2.05) is 60.7 Å². The monoisotopic (exact) mass is 274 g/mol. The van der Waals surface area contributed by atoms with E-state index in [2.05, 4.69) is 0 Å². The molecule has 2 nitrogen and oxygen atoms in total. The highest BCUT2D eigenvalue weighted by atomic mass is 16.5. The smallest absolute Gasteiger partial charge is 0.197 e. The Morgan fingerprint density at radius 2 is 1.62 bits per heavy atom. The Bertz CT molecular complexity index is 844. The van der Waals surface area contributed by atoms with Gasteiger partial charge >= 0.3 is 0 Å². The maximum absolute atomic E-state index is 12.9. The van der Waals surface area contributed by atoms with E-state index in [9.17, 15) is 4.79 Å². The Hall–Kier alpha value is -2.61. The molecule has 1 heterocycles. The Morgan fingerprint density at radius 3 is 2.57 bits per heavy atom. The first kappa shape index (κ1) is 12.2. The van der Waals surface area contributed by atoms with Crippen molar-refractivity contribution in [3.8, 4) is 5.75 Å². The van der Waals surface area contributed by atoms with Crippen molar-refractivity contribution < 1.29 is 9.53 Å². The van der Waals surface area contributed by atoms with E-state index in [4.69, 9.17) is 4.74 Å². The zero-order valence-corrected chi connectivity index (χ0v) is 11.5. The molecule has 0 aliphatic carbocycles. The molecule has 1 aliphatic rings. The molecule has 1 aliphatic heterocycles. The van der Waals surface area contributed by atoms with Gasteiger partial charge in [-0.25, -0.2) is 0 Å². The van der Waals surface area contributed by atoms with Gasteiger partial charge in [-0.1, -0.05) is 54.6 Å². The van der Waals surface area contributed by atoms with Crippen LogP contribution in [-0.4, -0.2) is 12.4 Å². The first-order chi connectivity index (χ1) is 10.3. The summed E-state index contributed by atoms with van der Waals surface area (Å²) in [5.41, 5.74) is 2.53. The summed E-state index contributed by atoms with van der Waals surface area (Å²) >= 11 is 0. The Labute approximate surface area is 123 Å². The van der Waals surface area contributed by atoms with Crippen LogP contribution in [0.15, 0.2) is 60.7 Å². The summed E-state index contributed by atoms with van der Waals surface area (Å²) in [7, 11) is 0. The summed E-state index contributed by atoms with van der Waals surface area (Å²) in [6, 6.07) is 19.6. The molecule has 102 valence electrons. The van der Waals surface area contributed by atoms with Crippen molar-refractivity contribution in [3.63, 3.8) is 0 Å². The molecule has 0 aromatic heterocycles. The number of fused-ring (bicyclic) bond motifs is 2. The predicted octanol–water partition coefficient (Wildman–Crippen LogP) is 4.01. The maximum atomic E-state index is 12.9. The van der Waals surface area contributed by atoms with Gasteiger partial charge in [0.1, 0.15) is 5.75 Å². The minimum Gasteiger partial charge on any atom is -0.492 e. The second kappa shape index (κ2) is 4.74. The molecule has 4 rings (SSSR count). The number of para-hydroxylation sites is 1. The lowest BCUT2D eigenvalue weighted by Crippen LogP contribution is -2.04. The number of ketones is 1. The zero-order chi connectivity index (χ0) is 14.2. The molecule has 0 bridgehead atoms. The molecule has 3 aromatic rings. The van der Waals surface area contributed by atoms with E-state index in [1.165, 1.54) is 0 Å². The van der Waals surface area contributed by atoms with Gasteiger partial charge in [0, 0.05) is 12.0 Å². The van der Waals surface area contributed by atoms with Gasteiger partial charge in [0.15, 0.2) is 5.78 Å². The van der Waals surface area contributed by atoms with Crippen molar-refractivity contribution in [1.82, 2.24) is 0 Å². The summed E-state index contributed by atoms with van der Waals surface area (Å²) in [5.74, 6) is 0.793. The highest BCUT2D eigenvalue weighted by Gasteiger charge is 2.22. The van der Waals surface area contributed by atoms with Crippen molar-refractivity contribution >= 4 is 16.6 Å². The maximum Gasteiger partial charge on any atom is 0.197 e. The third-order valence-electron chi connectivity index (χ3n) is 3.99. The van der Waals surface area contributed by atoms with Crippen LogP contribution in [0.1, 0.15) is 21.5 Å². The number of hydrogen-bond donors (Lipinski definition) is 0.